The van der Waals surface area contributed by atoms with E-state index in [4.69, 9.17) is 15.2 Å². The van der Waals surface area contributed by atoms with Gasteiger partial charge >= 0.3 is 13.7 Å². The van der Waals surface area contributed by atoms with Gasteiger partial charge in [0.2, 0.25) is 0 Å². The minimum absolute atomic E-state index is 0.0597. The first-order valence-electron chi connectivity index (χ1n) is 12.2. The Balaban J connectivity index is 2.00. The van der Waals surface area contributed by atoms with Crippen molar-refractivity contribution in [3.63, 3.8) is 0 Å². The number of pyridine rings is 1. The number of carbonyl (C=O) groups excluding carboxylic acids is 1. The first kappa shape index (κ1) is 28.7. The molecule has 2 heterocycles. The van der Waals surface area contributed by atoms with E-state index in [9.17, 15) is 24.3 Å². The highest BCUT2D eigenvalue weighted by molar-refractivity contribution is 9.09. The second-order valence-electron chi connectivity index (χ2n) is 9.19. The number of carbonyl (C=O) groups is 1. The van der Waals surface area contributed by atoms with Gasteiger partial charge in [-0.1, -0.05) is 29.3 Å². The summed E-state index contributed by atoms with van der Waals surface area (Å²) in [7, 11) is -3.15. The van der Waals surface area contributed by atoms with Gasteiger partial charge in [0.1, 0.15) is 35.2 Å². The maximum Gasteiger partial charge on any atom is 0.524 e. The average Bonchev–Trinajstić information content (AvgIpc) is 3.25. The van der Waals surface area contributed by atoms with Crippen LogP contribution >= 0.6 is 23.8 Å². The van der Waals surface area contributed by atoms with Gasteiger partial charge in [0.05, 0.1) is 17.6 Å². The first-order valence-corrected chi connectivity index (χ1v) is 14.9. The number of imidazole rings is 1. The number of anilines is 1. The van der Waals surface area contributed by atoms with Crippen LogP contribution in [0.25, 0.3) is 21.9 Å². The zero-order valence-electron chi connectivity index (χ0n) is 21.8. The fourth-order valence-corrected chi connectivity index (χ4v) is 5.24. The molecule has 1 amide bonds. The molecule has 2 aromatic carbocycles. The molecule has 206 valence electrons. The van der Waals surface area contributed by atoms with Crippen LogP contribution in [0.3, 0.4) is 0 Å². The molecule has 0 fully saturated rings. The predicted octanol–water partition coefficient (Wildman–Crippen LogP) is 4.11. The Morgan fingerprint density at radius 3 is 2.62 bits per heavy atom. The lowest BCUT2D eigenvalue weighted by Gasteiger charge is -2.16. The van der Waals surface area contributed by atoms with Gasteiger partial charge in [0.25, 0.3) is 0 Å². The van der Waals surface area contributed by atoms with Gasteiger partial charge in [0, 0.05) is 29.9 Å². The number of phosphoric acid groups is 1. The number of alkyl halides is 1. The lowest BCUT2D eigenvalue weighted by molar-refractivity contribution is -0.415. The Hall–Kier alpha value is -3.31. The summed E-state index contributed by atoms with van der Waals surface area (Å²) in [5.41, 5.74) is 10.0. The number of phenolic OH excluding ortho intramolecular Hbond substituents is 1. The normalized spacial score (nSPS) is 12.7. The van der Waals surface area contributed by atoms with Crippen LogP contribution in [-0.4, -0.2) is 58.0 Å². The molecular weight excluding hydrogens is 589 g/mol. The molecule has 0 bridgehead atoms. The number of nitrogen functional groups attached to an aromatic ring is 1. The molecule has 0 aliphatic carbocycles. The van der Waals surface area contributed by atoms with Gasteiger partial charge in [-0.15, -0.1) is 0 Å². The monoisotopic (exact) mass is 618 g/mol. The third-order valence-electron chi connectivity index (χ3n) is 6.53. The summed E-state index contributed by atoms with van der Waals surface area (Å²) in [6.07, 6.45) is 2.38. The number of fused-ring (bicyclic) bond motifs is 3. The predicted molar refractivity (Wildman–Crippen MR) is 153 cm³/mol. The molecule has 0 radical (unpaired) electrons. The Bertz CT molecular complexity index is 1660. The van der Waals surface area contributed by atoms with E-state index in [-0.39, 0.29) is 35.1 Å². The van der Waals surface area contributed by atoms with Gasteiger partial charge in [-0.25, -0.2) is 19.3 Å². The second-order valence-corrected chi connectivity index (χ2v) is 10.9. The van der Waals surface area contributed by atoms with E-state index in [2.05, 4.69) is 27.8 Å². The van der Waals surface area contributed by atoms with E-state index in [1.54, 1.807) is 11.6 Å². The number of benzene rings is 2. The number of hydrogen-bond acceptors (Lipinski definition) is 7. The lowest BCUT2D eigenvalue weighted by Crippen LogP contribution is -2.24. The van der Waals surface area contributed by atoms with Crippen molar-refractivity contribution in [2.75, 3.05) is 18.1 Å². The fraction of sp³-hybridized carbons (Fsp3) is 0.308. The Labute approximate surface area is 233 Å². The maximum absolute atomic E-state index is 12.3. The topological polar surface area (TPSA) is 164 Å². The van der Waals surface area contributed by atoms with Crippen LogP contribution in [0.2, 0.25) is 0 Å². The van der Waals surface area contributed by atoms with Crippen molar-refractivity contribution in [2.24, 2.45) is 0 Å². The van der Waals surface area contributed by atoms with Crippen LogP contribution in [0.15, 0.2) is 36.4 Å². The van der Waals surface area contributed by atoms with E-state index < -0.39 is 7.82 Å². The van der Waals surface area contributed by atoms with Crippen molar-refractivity contribution in [2.45, 2.75) is 39.7 Å². The largest absolute Gasteiger partial charge is 0.524 e. The fourth-order valence-electron chi connectivity index (χ4n) is 4.43. The number of nitrogens with two attached hydrogens (primary N) is 1. The number of unbranched alkanes of at least 4 members (excludes halogenated alkanes) is 1. The summed E-state index contributed by atoms with van der Waals surface area (Å²) in [5.74, 6) is 0.713. The third-order valence-corrected chi connectivity index (χ3v) is 7.45. The minimum atomic E-state index is -4.86. The van der Waals surface area contributed by atoms with Crippen molar-refractivity contribution < 1.29 is 33.4 Å². The van der Waals surface area contributed by atoms with Gasteiger partial charge in [0.15, 0.2) is 11.5 Å². The van der Waals surface area contributed by atoms with Crippen molar-refractivity contribution >= 4 is 63.1 Å². The number of phosphoric ester groups is 1. The molecule has 0 saturated heterocycles. The van der Waals surface area contributed by atoms with Crippen LogP contribution in [0, 0.1) is 0 Å². The highest BCUT2D eigenvalue weighted by Gasteiger charge is 2.23. The third kappa shape index (κ3) is 6.14. The van der Waals surface area contributed by atoms with Crippen molar-refractivity contribution in [1.29, 1.82) is 0 Å². The van der Waals surface area contributed by atoms with E-state index in [1.165, 1.54) is 18.2 Å². The number of aryl methyl sites for hydroxylation is 1. The number of aromatic hydroxyl groups is 1. The van der Waals surface area contributed by atoms with Crippen LogP contribution in [0.5, 0.6) is 11.5 Å². The highest BCUT2D eigenvalue weighted by Crippen LogP contribution is 2.41. The Morgan fingerprint density at radius 1 is 1.21 bits per heavy atom. The zero-order chi connectivity index (χ0) is 28.5. The lowest BCUT2D eigenvalue weighted by atomic mass is 10.1. The van der Waals surface area contributed by atoms with Gasteiger partial charge in [-0.05, 0) is 42.8 Å². The number of halogens is 1. The summed E-state index contributed by atoms with van der Waals surface area (Å²) in [6.45, 7) is 4.01. The highest BCUT2D eigenvalue weighted by atomic mass is 79.9. The van der Waals surface area contributed by atoms with Crippen LogP contribution < -0.4 is 10.3 Å². The SMILES string of the molecule is CCCCc1nc2c(N)nc3ccc(C(C)=[N+](C)C(=O)CBr)cc3c2n1Cc1cc(O)ccc1OP(=O)(O)O. The summed E-state index contributed by atoms with van der Waals surface area (Å²) >= 11 is 3.21. The maximum atomic E-state index is 12.3. The molecule has 39 heavy (non-hydrogen) atoms. The molecular formula is C26H30BrN5O6P+. The molecule has 4 aromatic rings. The van der Waals surface area contributed by atoms with Crippen LogP contribution in [0.4, 0.5) is 5.82 Å². The molecule has 0 atom stereocenters. The molecule has 11 nitrogen and oxygen atoms in total. The summed E-state index contributed by atoms with van der Waals surface area (Å²) in [4.78, 5) is 40.6. The molecule has 4 rings (SSSR count). The van der Waals surface area contributed by atoms with Crippen molar-refractivity contribution in [3.05, 3.63) is 53.3 Å². The van der Waals surface area contributed by atoms with Crippen molar-refractivity contribution in [3.8, 4) is 11.5 Å². The smallest absolute Gasteiger partial charge is 0.508 e. The first-order chi connectivity index (χ1) is 18.4. The summed E-state index contributed by atoms with van der Waals surface area (Å²) in [6, 6.07) is 9.64. The number of phenols is 1. The van der Waals surface area contributed by atoms with Gasteiger partial charge in [-0.3, -0.25) is 9.79 Å². The molecule has 0 unspecified atom stereocenters. The minimum Gasteiger partial charge on any atom is -0.508 e. The van der Waals surface area contributed by atoms with E-state index in [0.717, 1.165) is 29.5 Å². The zero-order valence-corrected chi connectivity index (χ0v) is 24.2. The molecule has 0 aliphatic rings. The quantitative estimate of drug-likeness (QED) is 0.0935. The van der Waals surface area contributed by atoms with Crippen LogP contribution in [-0.2, 0) is 22.3 Å². The van der Waals surface area contributed by atoms with E-state index >= 15 is 0 Å². The summed E-state index contributed by atoms with van der Waals surface area (Å²) < 4.78 is 20.1. The standard InChI is InChI=1S/C26H29BrN5O6P/c1-4-5-6-22-30-24-25(32(22)14-17-11-18(33)8-10-21(17)38-39(35,36)37)19-12-16(7-9-20(19)29-26(24)28)15(2)31(3)23(34)13-27/h7-12,28H,4-6,13-14H2,1-3H3,(H3,33,35,36,37)/p+1. The molecule has 0 spiro atoms. The Kier molecular flexibility index (Phi) is 8.41. The number of aromatic nitrogens is 3. The van der Waals surface area contributed by atoms with Crippen LogP contribution in [0.1, 0.15) is 43.6 Å². The molecule has 0 aliphatic heterocycles. The number of rotatable bonds is 9. The second kappa shape index (κ2) is 11.4. The number of nitrogens with zero attached hydrogens (tertiary/aromatic N) is 4. The number of hydrogen-bond donors (Lipinski definition) is 4. The van der Waals surface area contributed by atoms with E-state index in [0.29, 0.717) is 34.4 Å². The molecule has 5 N–H and O–H groups in total. The summed E-state index contributed by atoms with van der Waals surface area (Å²) in [5, 5.41) is 11.1. The molecule has 13 heteroatoms. The Morgan fingerprint density at radius 2 is 1.95 bits per heavy atom. The van der Waals surface area contributed by atoms with Gasteiger partial charge < -0.3 is 19.9 Å². The molecule has 2 aromatic heterocycles. The average molecular weight is 619 g/mol. The van der Waals surface area contributed by atoms with Gasteiger partial charge in [-0.2, -0.15) is 4.58 Å². The molecule has 0 saturated carbocycles. The number of amides is 1. The van der Waals surface area contributed by atoms with Crippen molar-refractivity contribution in [1.82, 2.24) is 14.5 Å². The van der Waals surface area contributed by atoms with E-state index in [1.807, 2.05) is 29.7 Å².